The number of hydrogen-bond donors (Lipinski definition) is 2. The van der Waals surface area contributed by atoms with Gasteiger partial charge in [0, 0.05) is 32.5 Å². The minimum atomic E-state index is 0.187. The van der Waals surface area contributed by atoms with Gasteiger partial charge in [0.15, 0.2) is 5.82 Å². The molecule has 2 N–H and O–H groups in total. The molecule has 23 heavy (non-hydrogen) atoms. The van der Waals surface area contributed by atoms with Crippen LogP contribution < -0.4 is 5.32 Å². The molecule has 1 saturated heterocycles. The molecular formula is C16H20N6O. The van der Waals surface area contributed by atoms with Crippen molar-refractivity contribution in [1.82, 2.24) is 30.3 Å². The Labute approximate surface area is 134 Å². The molecule has 0 radical (unpaired) electrons. The highest BCUT2D eigenvalue weighted by atomic mass is 16.5. The molecule has 3 heterocycles. The summed E-state index contributed by atoms with van der Waals surface area (Å²) in [5, 5.41) is 7.51. The predicted molar refractivity (Wildman–Crippen MR) is 86.0 cm³/mol. The van der Waals surface area contributed by atoms with Crippen LogP contribution in [0.5, 0.6) is 0 Å². The SMILES string of the molecule is CN1CCNCC1c1noc(CCc2nc3ccccc3[nH]2)n1. The summed E-state index contributed by atoms with van der Waals surface area (Å²) in [5.41, 5.74) is 2.05. The Morgan fingerprint density at radius 3 is 3.04 bits per heavy atom. The van der Waals surface area contributed by atoms with Gasteiger partial charge in [0.1, 0.15) is 5.82 Å². The number of hydrogen-bond acceptors (Lipinski definition) is 6. The fourth-order valence-electron chi connectivity index (χ4n) is 2.95. The van der Waals surface area contributed by atoms with Crippen LogP contribution in [-0.2, 0) is 12.8 Å². The van der Waals surface area contributed by atoms with E-state index in [1.807, 2.05) is 24.3 Å². The van der Waals surface area contributed by atoms with E-state index in [-0.39, 0.29) is 6.04 Å². The summed E-state index contributed by atoms with van der Waals surface area (Å²) in [5.74, 6) is 2.38. The standard InChI is InChI=1S/C16H20N6O/c1-22-9-8-17-10-13(22)16-20-15(23-21-16)7-6-14-18-11-4-2-3-5-12(11)19-14/h2-5,13,17H,6-10H2,1H3,(H,18,19). The number of para-hydroxylation sites is 2. The molecule has 7 nitrogen and oxygen atoms in total. The van der Waals surface area contributed by atoms with Gasteiger partial charge in [-0.05, 0) is 19.2 Å². The van der Waals surface area contributed by atoms with Gasteiger partial charge in [0.05, 0.1) is 17.1 Å². The van der Waals surface area contributed by atoms with Gasteiger partial charge in [-0.25, -0.2) is 4.98 Å². The van der Waals surface area contributed by atoms with Crippen molar-refractivity contribution < 1.29 is 4.52 Å². The van der Waals surface area contributed by atoms with Gasteiger partial charge < -0.3 is 14.8 Å². The molecule has 1 aromatic carbocycles. The van der Waals surface area contributed by atoms with Gasteiger partial charge in [0.2, 0.25) is 5.89 Å². The predicted octanol–water partition coefficient (Wildman–Crippen LogP) is 1.31. The average molecular weight is 312 g/mol. The van der Waals surface area contributed by atoms with Crippen molar-refractivity contribution in [3.05, 3.63) is 41.8 Å². The molecule has 1 fully saturated rings. The maximum atomic E-state index is 5.40. The first kappa shape index (κ1) is 14.3. The summed E-state index contributed by atoms with van der Waals surface area (Å²) in [6.45, 7) is 2.86. The van der Waals surface area contributed by atoms with Gasteiger partial charge in [-0.3, -0.25) is 4.90 Å². The molecule has 120 valence electrons. The number of aryl methyl sites for hydroxylation is 2. The molecule has 4 rings (SSSR count). The van der Waals surface area contributed by atoms with Gasteiger partial charge in [-0.15, -0.1) is 0 Å². The molecule has 1 unspecified atom stereocenters. The maximum Gasteiger partial charge on any atom is 0.227 e. The monoisotopic (exact) mass is 312 g/mol. The highest BCUT2D eigenvalue weighted by Crippen LogP contribution is 2.18. The average Bonchev–Trinajstić information content (AvgIpc) is 3.19. The highest BCUT2D eigenvalue weighted by Gasteiger charge is 2.25. The smallest absolute Gasteiger partial charge is 0.227 e. The summed E-state index contributed by atoms with van der Waals surface area (Å²) >= 11 is 0. The topological polar surface area (TPSA) is 82.9 Å². The lowest BCUT2D eigenvalue weighted by Crippen LogP contribution is -2.44. The number of fused-ring (bicyclic) bond motifs is 1. The summed E-state index contributed by atoms with van der Waals surface area (Å²) < 4.78 is 5.40. The Hall–Kier alpha value is -2.25. The van der Waals surface area contributed by atoms with Crippen molar-refractivity contribution in [3.63, 3.8) is 0 Å². The third-order valence-corrected chi connectivity index (χ3v) is 4.31. The Bertz CT molecular complexity index is 762. The van der Waals surface area contributed by atoms with E-state index in [4.69, 9.17) is 4.52 Å². The van der Waals surface area contributed by atoms with Crippen LogP contribution >= 0.6 is 0 Å². The molecule has 2 aromatic heterocycles. The number of aromatic nitrogens is 4. The van der Waals surface area contributed by atoms with E-state index in [2.05, 4.69) is 37.4 Å². The summed E-state index contributed by atoms with van der Waals surface area (Å²) in [6.07, 6.45) is 1.45. The number of piperazine rings is 1. The molecule has 0 aliphatic carbocycles. The normalized spacial score (nSPS) is 19.4. The second kappa shape index (κ2) is 6.10. The minimum Gasteiger partial charge on any atom is -0.342 e. The van der Waals surface area contributed by atoms with Gasteiger partial charge in [-0.2, -0.15) is 4.98 Å². The number of imidazole rings is 1. The summed E-state index contributed by atoms with van der Waals surface area (Å²) in [4.78, 5) is 14.7. The van der Waals surface area contributed by atoms with E-state index in [0.717, 1.165) is 48.7 Å². The van der Waals surface area contributed by atoms with Crippen LogP contribution in [0.4, 0.5) is 0 Å². The largest absolute Gasteiger partial charge is 0.342 e. The Kier molecular flexibility index (Phi) is 3.80. The molecule has 0 bridgehead atoms. The highest BCUT2D eigenvalue weighted by molar-refractivity contribution is 5.74. The molecule has 7 heteroatoms. The number of benzene rings is 1. The van der Waals surface area contributed by atoms with Gasteiger partial charge in [-0.1, -0.05) is 17.3 Å². The number of H-pyrrole nitrogens is 1. The van der Waals surface area contributed by atoms with Gasteiger partial charge >= 0.3 is 0 Å². The first-order valence-electron chi connectivity index (χ1n) is 7.96. The first-order chi connectivity index (χ1) is 11.3. The van der Waals surface area contributed by atoms with Crippen LogP contribution in [0.2, 0.25) is 0 Å². The van der Waals surface area contributed by atoms with Crippen molar-refractivity contribution in [2.45, 2.75) is 18.9 Å². The second-order valence-electron chi connectivity index (χ2n) is 5.95. The van der Waals surface area contributed by atoms with E-state index < -0.39 is 0 Å². The number of rotatable bonds is 4. The van der Waals surface area contributed by atoms with Crippen molar-refractivity contribution >= 4 is 11.0 Å². The zero-order valence-electron chi connectivity index (χ0n) is 13.1. The van der Waals surface area contributed by atoms with Crippen molar-refractivity contribution in [2.24, 2.45) is 0 Å². The third-order valence-electron chi connectivity index (χ3n) is 4.31. The molecular weight excluding hydrogens is 292 g/mol. The number of nitrogens with zero attached hydrogens (tertiary/aromatic N) is 4. The Morgan fingerprint density at radius 1 is 1.26 bits per heavy atom. The Balaban J connectivity index is 1.43. The Morgan fingerprint density at radius 2 is 2.17 bits per heavy atom. The maximum absolute atomic E-state index is 5.40. The van der Waals surface area contributed by atoms with E-state index in [1.54, 1.807) is 0 Å². The van der Waals surface area contributed by atoms with Crippen LogP contribution in [0.25, 0.3) is 11.0 Å². The zero-order valence-corrected chi connectivity index (χ0v) is 13.1. The van der Waals surface area contributed by atoms with Crippen LogP contribution in [0.1, 0.15) is 23.6 Å². The lowest BCUT2D eigenvalue weighted by Gasteiger charge is -2.30. The molecule has 1 aliphatic rings. The molecule has 0 spiro atoms. The van der Waals surface area contributed by atoms with E-state index in [9.17, 15) is 0 Å². The number of likely N-dealkylation sites (N-methyl/N-ethyl adjacent to an activating group) is 1. The number of aromatic amines is 1. The van der Waals surface area contributed by atoms with Crippen LogP contribution in [0, 0.1) is 0 Å². The quantitative estimate of drug-likeness (QED) is 0.756. The fraction of sp³-hybridized carbons (Fsp3) is 0.438. The lowest BCUT2D eigenvalue weighted by atomic mass is 10.2. The molecule has 0 saturated carbocycles. The number of nitrogens with one attached hydrogen (secondary N) is 2. The van der Waals surface area contributed by atoms with Crippen LogP contribution in [-0.4, -0.2) is 51.7 Å². The van der Waals surface area contributed by atoms with E-state index in [0.29, 0.717) is 12.3 Å². The molecule has 1 aliphatic heterocycles. The van der Waals surface area contributed by atoms with Crippen LogP contribution in [0.3, 0.4) is 0 Å². The fourth-order valence-corrected chi connectivity index (χ4v) is 2.95. The molecule has 0 amide bonds. The van der Waals surface area contributed by atoms with Crippen LogP contribution in [0.15, 0.2) is 28.8 Å². The van der Waals surface area contributed by atoms with Crippen molar-refractivity contribution in [3.8, 4) is 0 Å². The third kappa shape index (κ3) is 2.97. The molecule has 1 atom stereocenters. The lowest BCUT2D eigenvalue weighted by molar-refractivity contribution is 0.190. The minimum absolute atomic E-state index is 0.187. The second-order valence-corrected chi connectivity index (χ2v) is 5.95. The van der Waals surface area contributed by atoms with Crippen molar-refractivity contribution in [1.29, 1.82) is 0 Å². The van der Waals surface area contributed by atoms with E-state index >= 15 is 0 Å². The molecule has 3 aromatic rings. The van der Waals surface area contributed by atoms with Crippen molar-refractivity contribution in [2.75, 3.05) is 26.7 Å². The zero-order chi connectivity index (χ0) is 15.6. The summed E-state index contributed by atoms with van der Waals surface area (Å²) in [7, 11) is 2.09. The first-order valence-corrected chi connectivity index (χ1v) is 7.96. The van der Waals surface area contributed by atoms with E-state index in [1.165, 1.54) is 0 Å². The summed E-state index contributed by atoms with van der Waals surface area (Å²) in [6, 6.07) is 8.22. The van der Waals surface area contributed by atoms with Gasteiger partial charge in [0.25, 0.3) is 0 Å².